The number of fused-ring (bicyclic) bond motifs is 5. The monoisotopic (exact) mass is 479 g/mol. The molecule has 0 spiro atoms. The molecule has 33 heavy (non-hydrogen) atoms. The van der Waals surface area contributed by atoms with E-state index in [2.05, 4.69) is 6.92 Å². The minimum absolute atomic E-state index is 0.0276. The Hall–Kier alpha value is -1.54. The number of alkyl halides is 6. The molecular weight excluding hydrogens is 448 g/mol. The molecule has 6 atom stereocenters. The van der Waals surface area contributed by atoms with Gasteiger partial charge in [0.05, 0.1) is 0 Å². The van der Waals surface area contributed by atoms with E-state index < -0.39 is 42.7 Å². The summed E-state index contributed by atoms with van der Waals surface area (Å²) in [7, 11) is 0. The van der Waals surface area contributed by atoms with Gasteiger partial charge < -0.3 is 4.90 Å². The van der Waals surface area contributed by atoms with E-state index in [0.717, 1.165) is 25.7 Å². The molecule has 0 aromatic rings. The molecule has 0 saturated heterocycles. The zero-order chi connectivity index (χ0) is 24.4. The molecule has 4 aliphatic rings. The molecule has 0 unspecified atom stereocenters. The van der Waals surface area contributed by atoms with Crippen LogP contribution in [0.4, 0.5) is 26.3 Å². The van der Waals surface area contributed by atoms with E-state index in [1.165, 1.54) is 5.57 Å². The predicted molar refractivity (Wildman–Crippen MR) is 109 cm³/mol. The summed E-state index contributed by atoms with van der Waals surface area (Å²) in [4.78, 5) is 25.1. The number of carbonyl (C=O) groups is 2. The van der Waals surface area contributed by atoms with Crippen LogP contribution < -0.4 is 0 Å². The minimum Gasteiger partial charge on any atom is -0.324 e. The number of carbonyl (C=O) groups excluding carboxylic acids is 2. The van der Waals surface area contributed by atoms with E-state index in [0.29, 0.717) is 31.6 Å². The van der Waals surface area contributed by atoms with Crippen molar-refractivity contribution >= 4 is 11.7 Å². The van der Waals surface area contributed by atoms with Crippen LogP contribution in [-0.4, -0.2) is 42.0 Å². The van der Waals surface area contributed by atoms with Gasteiger partial charge in [-0.05, 0) is 79.6 Å². The van der Waals surface area contributed by atoms with Crippen molar-refractivity contribution < 1.29 is 35.9 Å². The van der Waals surface area contributed by atoms with E-state index in [-0.39, 0.29) is 27.9 Å². The van der Waals surface area contributed by atoms with Crippen molar-refractivity contribution in [1.29, 1.82) is 0 Å². The van der Waals surface area contributed by atoms with Crippen molar-refractivity contribution in [3.8, 4) is 0 Å². The summed E-state index contributed by atoms with van der Waals surface area (Å²) in [5.41, 5.74) is 0.505. The summed E-state index contributed by atoms with van der Waals surface area (Å²) in [5, 5.41) is 0. The Labute approximate surface area is 189 Å². The molecule has 4 aliphatic carbocycles. The normalized spacial score (nSPS) is 38.8. The Bertz CT molecular complexity index is 833. The highest BCUT2D eigenvalue weighted by atomic mass is 19.4. The summed E-state index contributed by atoms with van der Waals surface area (Å²) < 4.78 is 78.1. The first-order valence-electron chi connectivity index (χ1n) is 11.8. The van der Waals surface area contributed by atoms with Gasteiger partial charge >= 0.3 is 12.4 Å². The number of nitrogens with zero attached hydrogens (tertiary/aromatic N) is 1. The minimum atomic E-state index is -4.89. The van der Waals surface area contributed by atoms with Crippen LogP contribution in [0.15, 0.2) is 11.6 Å². The highest BCUT2D eigenvalue weighted by Crippen LogP contribution is 2.66. The van der Waals surface area contributed by atoms with Gasteiger partial charge in [0.25, 0.3) is 0 Å². The Balaban J connectivity index is 1.57. The predicted octanol–water partition coefficient (Wildman–Crippen LogP) is 6.09. The third kappa shape index (κ3) is 4.45. The molecule has 1 amide bonds. The molecular formula is C24H31F6NO2. The number of amides is 1. The molecule has 3 fully saturated rings. The summed E-state index contributed by atoms with van der Waals surface area (Å²) in [6, 6.07) is 0. The number of allylic oxidation sites excluding steroid dienone is 1. The van der Waals surface area contributed by atoms with Gasteiger partial charge in [0, 0.05) is 12.3 Å². The van der Waals surface area contributed by atoms with Crippen LogP contribution in [0.5, 0.6) is 0 Å². The first kappa shape index (κ1) is 24.6. The van der Waals surface area contributed by atoms with Crippen LogP contribution in [0.2, 0.25) is 0 Å². The lowest BCUT2D eigenvalue weighted by Gasteiger charge is -2.58. The van der Waals surface area contributed by atoms with Crippen molar-refractivity contribution in [1.82, 2.24) is 4.90 Å². The maximum absolute atomic E-state index is 13.1. The Morgan fingerprint density at radius 2 is 1.58 bits per heavy atom. The molecule has 0 radical (unpaired) electrons. The van der Waals surface area contributed by atoms with E-state index in [1.807, 2.05) is 6.92 Å². The molecule has 3 nitrogen and oxygen atoms in total. The molecule has 0 aromatic heterocycles. The topological polar surface area (TPSA) is 37.4 Å². The molecule has 0 aromatic carbocycles. The van der Waals surface area contributed by atoms with Crippen LogP contribution in [0.1, 0.15) is 65.2 Å². The second-order valence-corrected chi connectivity index (χ2v) is 11.1. The molecule has 0 heterocycles. The van der Waals surface area contributed by atoms with Crippen LogP contribution >= 0.6 is 0 Å². The van der Waals surface area contributed by atoms with Gasteiger partial charge in [-0.1, -0.05) is 19.4 Å². The molecule has 9 heteroatoms. The van der Waals surface area contributed by atoms with E-state index in [9.17, 15) is 35.9 Å². The lowest BCUT2D eigenvalue weighted by molar-refractivity contribution is -0.192. The van der Waals surface area contributed by atoms with Gasteiger partial charge in [0.1, 0.15) is 13.1 Å². The second kappa shape index (κ2) is 8.01. The molecule has 0 aliphatic heterocycles. The summed E-state index contributed by atoms with van der Waals surface area (Å²) in [5.74, 6) is -0.985. The summed E-state index contributed by atoms with van der Waals surface area (Å²) in [6.07, 6.45) is -2.68. The Morgan fingerprint density at radius 1 is 0.939 bits per heavy atom. The Kier molecular flexibility index (Phi) is 5.96. The van der Waals surface area contributed by atoms with Crippen LogP contribution in [-0.2, 0) is 9.59 Å². The van der Waals surface area contributed by atoms with E-state index in [1.54, 1.807) is 6.08 Å². The van der Waals surface area contributed by atoms with Crippen LogP contribution in [0, 0.1) is 34.5 Å². The fourth-order valence-electron chi connectivity index (χ4n) is 7.83. The van der Waals surface area contributed by atoms with Crippen molar-refractivity contribution in [2.45, 2.75) is 77.6 Å². The van der Waals surface area contributed by atoms with Crippen LogP contribution in [0.3, 0.4) is 0 Å². The average Bonchev–Trinajstić information content (AvgIpc) is 3.02. The molecule has 4 rings (SSSR count). The molecule has 0 bridgehead atoms. The van der Waals surface area contributed by atoms with Gasteiger partial charge in [-0.3, -0.25) is 9.59 Å². The lowest BCUT2D eigenvalue weighted by Crippen LogP contribution is -2.53. The van der Waals surface area contributed by atoms with Crippen molar-refractivity contribution in [2.24, 2.45) is 34.5 Å². The third-order valence-corrected chi connectivity index (χ3v) is 9.31. The van der Waals surface area contributed by atoms with E-state index in [4.69, 9.17) is 0 Å². The van der Waals surface area contributed by atoms with Gasteiger partial charge in [-0.2, -0.15) is 26.3 Å². The zero-order valence-corrected chi connectivity index (χ0v) is 19.0. The number of rotatable bonds is 3. The maximum atomic E-state index is 13.1. The van der Waals surface area contributed by atoms with Gasteiger partial charge in [0.15, 0.2) is 5.78 Å². The second-order valence-electron chi connectivity index (χ2n) is 11.1. The van der Waals surface area contributed by atoms with Gasteiger partial charge in [-0.25, -0.2) is 0 Å². The number of ketones is 1. The lowest BCUT2D eigenvalue weighted by atomic mass is 9.47. The SMILES string of the molecule is C[C@]12CC[C@H]3[C@@H](CCC4=CC(=O)CC[C@@]43C)[C@@H]1CC[C@@H]2C(=O)N(CC(F)(F)F)CC(F)(F)F. The van der Waals surface area contributed by atoms with E-state index >= 15 is 0 Å². The first-order chi connectivity index (χ1) is 15.1. The highest BCUT2D eigenvalue weighted by Gasteiger charge is 2.61. The Morgan fingerprint density at radius 3 is 2.18 bits per heavy atom. The number of hydrogen-bond acceptors (Lipinski definition) is 2. The third-order valence-electron chi connectivity index (χ3n) is 9.31. The smallest absolute Gasteiger partial charge is 0.324 e. The fraction of sp³-hybridized carbons (Fsp3) is 0.833. The summed E-state index contributed by atoms with van der Waals surface area (Å²) in [6.45, 7) is 0.349. The molecule has 3 saturated carbocycles. The molecule has 186 valence electrons. The van der Waals surface area contributed by atoms with Gasteiger partial charge in [0.2, 0.25) is 5.91 Å². The quantitative estimate of drug-likeness (QED) is 0.460. The highest BCUT2D eigenvalue weighted by molar-refractivity contribution is 5.91. The molecule has 0 N–H and O–H groups in total. The maximum Gasteiger partial charge on any atom is 0.406 e. The largest absolute Gasteiger partial charge is 0.406 e. The first-order valence-corrected chi connectivity index (χ1v) is 11.8. The average molecular weight is 480 g/mol. The summed E-state index contributed by atoms with van der Waals surface area (Å²) >= 11 is 0. The van der Waals surface area contributed by atoms with Crippen molar-refractivity contribution in [3.05, 3.63) is 11.6 Å². The fourth-order valence-corrected chi connectivity index (χ4v) is 7.83. The van der Waals surface area contributed by atoms with Crippen molar-refractivity contribution in [2.75, 3.05) is 13.1 Å². The van der Waals surface area contributed by atoms with Crippen LogP contribution in [0.25, 0.3) is 0 Å². The van der Waals surface area contributed by atoms with Crippen molar-refractivity contribution in [3.63, 3.8) is 0 Å². The number of hydrogen-bond donors (Lipinski definition) is 0. The van der Waals surface area contributed by atoms with Gasteiger partial charge in [-0.15, -0.1) is 0 Å². The standard InChI is InChI=1S/C24H31F6NO2/c1-21-9-7-15(32)11-14(21)3-4-16-17-5-6-19(22(17,2)10-8-18(16)21)20(33)31(12-23(25,26)27)13-24(28,29)30/h11,16-19H,3-10,12-13H2,1-2H3/t16-,17-,18-,19+,21-,22-/m0/s1. The number of halogens is 6. The zero-order valence-electron chi connectivity index (χ0n) is 19.0.